The first-order valence-corrected chi connectivity index (χ1v) is 12.1. The van der Waals surface area contributed by atoms with Gasteiger partial charge in [0.2, 0.25) is 10.0 Å². The van der Waals surface area contributed by atoms with Crippen molar-refractivity contribution in [1.29, 1.82) is 0 Å². The Bertz CT molecular complexity index is 624. The lowest BCUT2D eigenvalue weighted by molar-refractivity contribution is -0.0927. The molecule has 10 heteroatoms. The molecule has 1 fully saturated rings. The predicted octanol–water partition coefficient (Wildman–Crippen LogP) is 3.19. The molecule has 0 aromatic rings. The van der Waals surface area contributed by atoms with Crippen LogP contribution < -0.4 is 5.32 Å². The molecule has 0 radical (unpaired) electrons. The summed E-state index contributed by atoms with van der Waals surface area (Å²) in [5.74, 6) is 0. The fraction of sp³-hybridized carbons (Fsp3) is 0.950. The zero-order valence-electron chi connectivity index (χ0n) is 19.7. The van der Waals surface area contributed by atoms with E-state index in [9.17, 15) is 13.2 Å². The number of carbonyl (C=O) groups excluding carboxylic acids is 1. The van der Waals surface area contributed by atoms with Gasteiger partial charge >= 0.3 is 6.16 Å². The molecule has 0 spiro atoms. The maximum atomic E-state index is 12.3. The summed E-state index contributed by atoms with van der Waals surface area (Å²) in [6.07, 6.45) is 1.00. The molecule has 30 heavy (non-hydrogen) atoms. The first kappa shape index (κ1) is 29.4. The Balaban J connectivity index is 0.00000841. The molecule has 0 unspecified atom stereocenters. The maximum absolute atomic E-state index is 12.3. The fourth-order valence-electron chi connectivity index (χ4n) is 2.96. The molecule has 0 saturated carbocycles. The van der Waals surface area contributed by atoms with Crippen molar-refractivity contribution in [2.24, 2.45) is 5.41 Å². The molecule has 1 aliphatic heterocycles. The molecule has 1 aliphatic rings. The van der Waals surface area contributed by atoms with E-state index in [4.69, 9.17) is 14.2 Å². The van der Waals surface area contributed by atoms with Gasteiger partial charge < -0.3 is 19.5 Å². The van der Waals surface area contributed by atoms with Crippen molar-refractivity contribution in [2.75, 3.05) is 32.5 Å². The normalized spacial score (nSPS) is 18.4. The van der Waals surface area contributed by atoms with Gasteiger partial charge in [-0.25, -0.2) is 13.2 Å². The van der Waals surface area contributed by atoms with Crippen LogP contribution in [0.1, 0.15) is 61.3 Å². The summed E-state index contributed by atoms with van der Waals surface area (Å²) in [5, 5.41) is 3.21. The van der Waals surface area contributed by atoms with Crippen molar-refractivity contribution in [3.05, 3.63) is 0 Å². The van der Waals surface area contributed by atoms with Crippen LogP contribution in [0.4, 0.5) is 4.79 Å². The van der Waals surface area contributed by atoms with Crippen LogP contribution in [0.2, 0.25) is 0 Å². The number of piperidine rings is 1. The standard InChI is InChI=1S/C20H40N2O6S.ClH/c1-15(19(2,3)4)27-17(13-22(20(5,6)7)29(8,24)25)14-26-18(23)28-16-9-11-21-12-10-16;/h15-17,21H,9-14H2,1-8H3;1H/t15-,17-;/m0./s1. The van der Waals surface area contributed by atoms with Crippen LogP contribution in [-0.2, 0) is 24.2 Å². The van der Waals surface area contributed by atoms with E-state index in [0.29, 0.717) is 0 Å². The van der Waals surface area contributed by atoms with Crippen molar-refractivity contribution in [2.45, 2.75) is 85.2 Å². The molecule has 8 nitrogen and oxygen atoms in total. The van der Waals surface area contributed by atoms with Crippen LogP contribution in [0.15, 0.2) is 0 Å². The Labute approximate surface area is 188 Å². The highest BCUT2D eigenvalue weighted by atomic mass is 35.5. The number of halogens is 1. The van der Waals surface area contributed by atoms with E-state index in [0.717, 1.165) is 25.9 Å². The lowest BCUT2D eigenvalue weighted by atomic mass is 9.90. The number of hydrogen-bond donors (Lipinski definition) is 1. The fourth-order valence-corrected chi connectivity index (χ4v) is 4.40. The van der Waals surface area contributed by atoms with Crippen LogP contribution in [-0.4, -0.2) is 75.2 Å². The first-order valence-electron chi connectivity index (χ1n) is 10.3. The second kappa shape index (κ2) is 11.9. The van der Waals surface area contributed by atoms with E-state index in [1.807, 2.05) is 48.5 Å². The number of rotatable bonds is 8. The van der Waals surface area contributed by atoms with Crippen LogP contribution in [0.5, 0.6) is 0 Å². The molecule has 1 heterocycles. The number of nitrogens with one attached hydrogen (secondary N) is 1. The molecule has 0 bridgehead atoms. The number of sulfonamides is 1. The highest BCUT2D eigenvalue weighted by Crippen LogP contribution is 2.25. The Hall–Kier alpha value is -0.610. The van der Waals surface area contributed by atoms with E-state index < -0.39 is 27.8 Å². The van der Waals surface area contributed by atoms with Crippen molar-refractivity contribution in [1.82, 2.24) is 9.62 Å². The van der Waals surface area contributed by atoms with Crippen LogP contribution in [0, 0.1) is 5.41 Å². The van der Waals surface area contributed by atoms with Crippen LogP contribution >= 0.6 is 12.4 Å². The summed E-state index contributed by atoms with van der Waals surface area (Å²) in [7, 11) is -3.48. The molecule has 0 aromatic carbocycles. The van der Waals surface area contributed by atoms with Crippen molar-refractivity contribution < 1.29 is 27.4 Å². The molecule has 0 aliphatic carbocycles. The summed E-state index contributed by atoms with van der Waals surface area (Å²) in [5.41, 5.74) is -0.777. The smallest absolute Gasteiger partial charge is 0.431 e. The number of carbonyl (C=O) groups is 1. The van der Waals surface area contributed by atoms with E-state index in [1.165, 1.54) is 10.6 Å². The minimum absolute atomic E-state index is 0. The highest BCUT2D eigenvalue weighted by molar-refractivity contribution is 7.88. The number of ether oxygens (including phenoxy) is 3. The van der Waals surface area contributed by atoms with Gasteiger partial charge in [-0.15, -0.1) is 12.4 Å². The molecule has 0 aromatic heterocycles. The Morgan fingerprint density at radius 2 is 1.67 bits per heavy atom. The van der Waals surface area contributed by atoms with Gasteiger partial charge in [0.15, 0.2) is 0 Å². The topological polar surface area (TPSA) is 94.2 Å². The van der Waals surface area contributed by atoms with Gasteiger partial charge in [0.25, 0.3) is 0 Å². The monoisotopic (exact) mass is 472 g/mol. The Morgan fingerprint density at radius 3 is 2.10 bits per heavy atom. The number of nitrogens with zero attached hydrogens (tertiary/aromatic N) is 1. The molecule has 1 rings (SSSR count). The van der Waals surface area contributed by atoms with Crippen molar-refractivity contribution >= 4 is 28.6 Å². The molecule has 1 N–H and O–H groups in total. The quantitative estimate of drug-likeness (QED) is 0.542. The largest absolute Gasteiger partial charge is 0.508 e. The summed E-state index contributed by atoms with van der Waals surface area (Å²) in [4.78, 5) is 12.1. The second-order valence-corrected chi connectivity index (χ2v) is 11.8. The minimum atomic E-state index is -3.48. The average Bonchev–Trinajstić information content (AvgIpc) is 2.54. The van der Waals surface area contributed by atoms with E-state index in [1.54, 1.807) is 0 Å². The first-order chi connectivity index (χ1) is 13.1. The number of hydrogen-bond acceptors (Lipinski definition) is 7. The molecule has 180 valence electrons. The van der Waals surface area contributed by atoms with E-state index in [2.05, 4.69) is 5.32 Å². The maximum Gasteiger partial charge on any atom is 0.508 e. The van der Waals surface area contributed by atoms with Gasteiger partial charge in [0.05, 0.1) is 12.4 Å². The van der Waals surface area contributed by atoms with Crippen LogP contribution in [0.3, 0.4) is 0 Å². The molecule has 0 amide bonds. The van der Waals surface area contributed by atoms with Gasteiger partial charge in [-0.2, -0.15) is 4.31 Å². The lowest BCUT2D eigenvalue weighted by Crippen LogP contribution is -2.51. The van der Waals surface area contributed by atoms with Crippen LogP contribution in [0.25, 0.3) is 0 Å². The predicted molar refractivity (Wildman–Crippen MR) is 121 cm³/mol. The summed E-state index contributed by atoms with van der Waals surface area (Å²) < 4.78 is 42.8. The summed E-state index contributed by atoms with van der Waals surface area (Å²) >= 11 is 0. The Kier molecular flexibility index (Phi) is 11.6. The van der Waals surface area contributed by atoms with Crippen molar-refractivity contribution in [3.8, 4) is 0 Å². The van der Waals surface area contributed by atoms with E-state index in [-0.39, 0.29) is 43.2 Å². The third-order valence-electron chi connectivity index (χ3n) is 5.07. The third kappa shape index (κ3) is 10.6. The summed E-state index contributed by atoms with van der Waals surface area (Å²) in [6, 6.07) is 0. The zero-order chi connectivity index (χ0) is 22.5. The minimum Gasteiger partial charge on any atom is -0.431 e. The molecular formula is C20H41ClN2O6S. The van der Waals surface area contributed by atoms with Gasteiger partial charge in [-0.3, -0.25) is 0 Å². The molecule has 2 atom stereocenters. The van der Waals surface area contributed by atoms with Gasteiger partial charge in [0.1, 0.15) is 18.8 Å². The molecular weight excluding hydrogens is 432 g/mol. The highest BCUT2D eigenvalue weighted by Gasteiger charge is 2.34. The summed E-state index contributed by atoms with van der Waals surface area (Å²) in [6.45, 7) is 15.2. The van der Waals surface area contributed by atoms with E-state index >= 15 is 0 Å². The lowest BCUT2D eigenvalue weighted by Gasteiger charge is -2.38. The Morgan fingerprint density at radius 1 is 1.13 bits per heavy atom. The van der Waals surface area contributed by atoms with Gasteiger partial charge in [-0.1, -0.05) is 20.8 Å². The van der Waals surface area contributed by atoms with Gasteiger partial charge in [0, 0.05) is 12.1 Å². The molecule has 1 saturated heterocycles. The zero-order valence-corrected chi connectivity index (χ0v) is 21.3. The van der Waals surface area contributed by atoms with Crippen molar-refractivity contribution in [3.63, 3.8) is 0 Å². The second-order valence-electron chi connectivity index (χ2n) is 9.86. The average molecular weight is 473 g/mol. The third-order valence-corrected chi connectivity index (χ3v) is 6.57. The SMILES string of the molecule is C[C@H](O[C@H](COC(=O)OC1CCNCC1)CN(C(C)(C)C)S(C)(=O)=O)C(C)(C)C.Cl. The van der Waals surface area contributed by atoms with Gasteiger partial charge in [-0.05, 0) is 59.0 Å².